The van der Waals surface area contributed by atoms with Crippen LogP contribution in [0.15, 0.2) is 30.5 Å². The third-order valence-corrected chi connectivity index (χ3v) is 2.37. The van der Waals surface area contributed by atoms with E-state index in [0.717, 1.165) is 0 Å². The summed E-state index contributed by atoms with van der Waals surface area (Å²) in [5.74, 6) is 0.590. The summed E-state index contributed by atoms with van der Waals surface area (Å²) in [5.41, 5.74) is 5.92. The maximum absolute atomic E-state index is 11.5. The standard InChI is InChI=1S/C11H11ClN4O2/c12-7-1-3-8(4-2-7)18-6-10(17)15-11-9(13)5-14-16-11/h1-5H,6,13H2,(H2,14,15,16,17). The van der Waals surface area contributed by atoms with Gasteiger partial charge < -0.3 is 15.8 Å². The number of aromatic amines is 1. The van der Waals surface area contributed by atoms with Gasteiger partial charge in [0.1, 0.15) is 5.75 Å². The second kappa shape index (κ2) is 5.42. The normalized spacial score (nSPS) is 10.1. The van der Waals surface area contributed by atoms with E-state index in [4.69, 9.17) is 22.1 Å². The van der Waals surface area contributed by atoms with Crippen molar-refractivity contribution in [2.24, 2.45) is 0 Å². The summed E-state index contributed by atoms with van der Waals surface area (Å²) < 4.78 is 5.27. The van der Waals surface area contributed by atoms with Gasteiger partial charge >= 0.3 is 0 Å². The number of rotatable bonds is 4. The fourth-order valence-corrected chi connectivity index (χ4v) is 1.38. The van der Waals surface area contributed by atoms with Crippen LogP contribution in [-0.2, 0) is 4.79 Å². The predicted octanol–water partition coefficient (Wildman–Crippen LogP) is 1.66. The van der Waals surface area contributed by atoms with Gasteiger partial charge in [-0.15, -0.1) is 0 Å². The Balaban J connectivity index is 1.85. The van der Waals surface area contributed by atoms with Crippen molar-refractivity contribution in [1.82, 2.24) is 10.2 Å². The lowest BCUT2D eigenvalue weighted by atomic mass is 10.3. The Hall–Kier alpha value is -2.21. The molecule has 2 aromatic rings. The summed E-state index contributed by atoms with van der Waals surface area (Å²) in [4.78, 5) is 11.5. The zero-order valence-electron chi connectivity index (χ0n) is 9.31. The number of anilines is 2. The molecule has 0 bridgehead atoms. The van der Waals surface area contributed by atoms with Crippen molar-refractivity contribution in [3.63, 3.8) is 0 Å². The highest BCUT2D eigenvalue weighted by atomic mass is 35.5. The number of carbonyl (C=O) groups excluding carboxylic acids is 1. The van der Waals surface area contributed by atoms with Gasteiger partial charge in [0.15, 0.2) is 12.4 Å². The van der Waals surface area contributed by atoms with Crippen LogP contribution < -0.4 is 15.8 Å². The molecule has 2 rings (SSSR count). The van der Waals surface area contributed by atoms with Crippen LogP contribution in [0.3, 0.4) is 0 Å². The largest absolute Gasteiger partial charge is 0.484 e. The molecule has 6 nitrogen and oxygen atoms in total. The van der Waals surface area contributed by atoms with E-state index in [0.29, 0.717) is 22.3 Å². The smallest absolute Gasteiger partial charge is 0.263 e. The van der Waals surface area contributed by atoms with E-state index < -0.39 is 0 Å². The summed E-state index contributed by atoms with van der Waals surface area (Å²) >= 11 is 5.73. The van der Waals surface area contributed by atoms with E-state index in [2.05, 4.69) is 15.5 Å². The molecule has 0 aliphatic carbocycles. The minimum atomic E-state index is -0.332. The maximum atomic E-state index is 11.5. The Morgan fingerprint density at radius 1 is 1.44 bits per heavy atom. The molecule has 4 N–H and O–H groups in total. The van der Waals surface area contributed by atoms with Crippen LogP contribution in [0.5, 0.6) is 5.75 Å². The van der Waals surface area contributed by atoms with Gasteiger partial charge in [0, 0.05) is 5.02 Å². The van der Waals surface area contributed by atoms with E-state index in [9.17, 15) is 4.79 Å². The van der Waals surface area contributed by atoms with Crippen LogP contribution in [0.25, 0.3) is 0 Å². The lowest BCUT2D eigenvalue weighted by Gasteiger charge is -2.06. The van der Waals surface area contributed by atoms with Crippen molar-refractivity contribution in [2.45, 2.75) is 0 Å². The van der Waals surface area contributed by atoms with Crippen LogP contribution in [0.1, 0.15) is 0 Å². The number of H-pyrrole nitrogens is 1. The number of nitrogens with zero attached hydrogens (tertiary/aromatic N) is 1. The number of aromatic nitrogens is 2. The summed E-state index contributed by atoms with van der Waals surface area (Å²) in [5, 5.41) is 9.39. The van der Waals surface area contributed by atoms with Gasteiger partial charge in [0.2, 0.25) is 0 Å². The van der Waals surface area contributed by atoms with Crippen molar-refractivity contribution >= 4 is 29.0 Å². The molecule has 1 amide bonds. The molecule has 0 aliphatic rings. The van der Waals surface area contributed by atoms with Crippen LogP contribution >= 0.6 is 11.6 Å². The summed E-state index contributed by atoms with van der Waals surface area (Å²) in [6, 6.07) is 6.73. The van der Waals surface area contributed by atoms with E-state index in [1.54, 1.807) is 24.3 Å². The van der Waals surface area contributed by atoms with Crippen molar-refractivity contribution in [3.05, 3.63) is 35.5 Å². The Labute approximate surface area is 108 Å². The number of nitrogens with two attached hydrogens (primary N) is 1. The molecule has 0 unspecified atom stereocenters. The molecule has 7 heteroatoms. The molecule has 1 aromatic carbocycles. The Morgan fingerprint density at radius 2 is 2.17 bits per heavy atom. The number of carbonyl (C=O) groups is 1. The van der Waals surface area contributed by atoms with E-state index in [1.165, 1.54) is 6.20 Å². The van der Waals surface area contributed by atoms with Gasteiger partial charge in [-0.05, 0) is 24.3 Å². The van der Waals surface area contributed by atoms with Crippen molar-refractivity contribution in [3.8, 4) is 5.75 Å². The monoisotopic (exact) mass is 266 g/mol. The zero-order chi connectivity index (χ0) is 13.0. The molecule has 0 radical (unpaired) electrons. The fraction of sp³-hybridized carbons (Fsp3) is 0.0909. The molecule has 0 aliphatic heterocycles. The second-order valence-electron chi connectivity index (χ2n) is 3.49. The number of halogens is 1. The summed E-state index contributed by atoms with van der Waals surface area (Å²) in [6.45, 7) is -0.125. The van der Waals surface area contributed by atoms with E-state index >= 15 is 0 Å². The molecule has 1 aromatic heterocycles. The highest BCUT2D eigenvalue weighted by Gasteiger charge is 2.07. The lowest BCUT2D eigenvalue weighted by Crippen LogP contribution is -2.20. The molecule has 0 fully saturated rings. The Kier molecular flexibility index (Phi) is 3.69. The molecule has 0 saturated carbocycles. The van der Waals surface area contributed by atoms with Gasteiger partial charge in [0.25, 0.3) is 5.91 Å². The third-order valence-electron chi connectivity index (χ3n) is 2.12. The average molecular weight is 267 g/mol. The van der Waals surface area contributed by atoms with Crippen LogP contribution in [0.2, 0.25) is 5.02 Å². The summed E-state index contributed by atoms with van der Waals surface area (Å²) in [6.07, 6.45) is 1.41. The van der Waals surface area contributed by atoms with Gasteiger partial charge in [-0.25, -0.2) is 0 Å². The van der Waals surface area contributed by atoms with Gasteiger partial charge in [-0.1, -0.05) is 11.6 Å². The minimum Gasteiger partial charge on any atom is -0.484 e. The quantitative estimate of drug-likeness (QED) is 0.785. The first kappa shape index (κ1) is 12.3. The topological polar surface area (TPSA) is 93.0 Å². The molecular weight excluding hydrogens is 256 g/mol. The zero-order valence-corrected chi connectivity index (χ0v) is 10.1. The maximum Gasteiger partial charge on any atom is 0.263 e. The first-order chi connectivity index (χ1) is 8.65. The number of benzene rings is 1. The van der Waals surface area contributed by atoms with Gasteiger partial charge in [-0.3, -0.25) is 9.89 Å². The summed E-state index contributed by atoms with van der Waals surface area (Å²) in [7, 11) is 0. The second-order valence-corrected chi connectivity index (χ2v) is 3.93. The Bertz CT molecular complexity index is 538. The van der Waals surface area contributed by atoms with Crippen LogP contribution in [-0.4, -0.2) is 22.7 Å². The van der Waals surface area contributed by atoms with Crippen molar-refractivity contribution in [1.29, 1.82) is 0 Å². The van der Waals surface area contributed by atoms with E-state index in [1.807, 2.05) is 0 Å². The number of ether oxygens (including phenoxy) is 1. The van der Waals surface area contributed by atoms with E-state index in [-0.39, 0.29) is 12.5 Å². The van der Waals surface area contributed by atoms with Crippen LogP contribution in [0.4, 0.5) is 11.5 Å². The highest BCUT2D eigenvalue weighted by Crippen LogP contribution is 2.16. The highest BCUT2D eigenvalue weighted by molar-refractivity contribution is 6.30. The first-order valence-corrected chi connectivity index (χ1v) is 5.50. The molecule has 0 atom stereocenters. The van der Waals surface area contributed by atoms with Crippen LogP contribution in [0, 0.1) is 0 Å². The van der Waals surface area contributed by atoms with Gasteiger partial charge in [-0.2, -0.15) is 5.10 Å². The fourth-order valence-electron chi connectivity index (χ4n) is 1.25. The van der Waals surface area contributed by atoms with Crippen molar-refractivity contribution in [2.75, 3.05) is 17.7 Å². The third kappa shape index (κ3) is 3.14. The number of nitrogens with one attached hydrogen (secondary N) is 2. The van der Waals surface area contributed by atoms with Crippen molar-refractivity contribution < 1.29 is 9.53 Å². The minimum absolute atomic E-state index is 0.125. The first-order valence-electron chi connectivity index (χ1n) is 5.12. The SMILES string of the molecule is Nc1cn[nH]c1NC(=O)COc1ccc(Cl)cc1. The lowest BCUT2D eigenvalue weighted by molar-refractivity contribution is -0.118. The van der Waals surface area contributed by atoms with Gasteiger partial charge in [0.05, 0.1) is 11.9 Å². The predicted molar refractivity (Wildman–Crippen MR) is 68.6 cm³/mol. The number of amides is 1. The molecule has 18 heavy (non-hydrogen) atoms. The molecular formula is C11H11ClN4O2. The number of nitrogen functional groups attached to an aromatic ring is 1. The molecule has 0 spiro atoms. The number of hydrogen-bond acceptors (Lipinski definition) is 4. The molecule has 1 heterocycles. The number of hydrogen-bond donors (Lipinski definition) is 3. The molecule has 94 valence electrons. The molecule has 0 saturated heterocycles. The Morgan fingerprint density at radius 3 is 2.78 bits per heavy atom. The average Bonchev–Trinajstić information content (AvgIpc) is 2.74.